The summed E-state index contributed by atoms with van der Waals surface area (Å²) in [5, 5.41) is 3.41. The first-order chi connectivity index (χ1) is 12.5. The van der Waals surface area contributed by atoms with E-state index in [-0.39, 0.29) is 23.3 Å². The van der Waals surface area contributed by atoms with E-state index in [4.69, 9.17) is 9.73 Å². The molecule has 26 heavy (non-hydrogen) atoms. The van der Waals surface area contributed by atoms with Crippen molar-refractivity contribution >= 4 is 21.7 Å². The molecule has 3 rings (SSSR count). The fourth-order valence-electron chi connectivity index (χ4n) is 3.70. The third-order valence-corrected chi connectivity index (χ3v) is 7.24. The van der Waals surface area contributed by atoms with E-state index in [9.17, 15) is 13.2 Å². The van der Waals surface area contributed by atoms with Gasteiger partial charge in [-0.25, -0.2) is 8.42 Å². The zero-order valence-corrected chi connectivity index (χ0v) is 16.3. The van der Waals surface area contributed by atoms with Gasteiger partial charge in [-0.3, -0.25) is 9.79 Å². The molecule has 148 valence electrons. The summed E-state index contributed by atoms with van der Waals surface area (Å²) in [7, 11) is -2.89. The van der Waals surface area contributed by atoms with E-state index >= 15 is 0 Å². The van der Waals surface area contributed by atoms with Gasteiger partial charge in [0.05, 0.1) is 24.7 Å². The van der Waals surface area contributed by atoms with Crippen molar-refractivity contribution in [2.75, 3.05) is 64.0 Å². The summed E-state index contributed by atoms with van der Waals surface area (Å²) in [5.41, 5.74) is 0. The third-order valence-electron chi connectivity index (χ3n) is 5.40. The molecule has 3 saturated heterocycles. The SMILES string of the molecule is CCN1CCN(C(=NCC2CCS(=O)(=O)C2)NCC2CCOC2)CC1=O. The van der Waals surface area contributed by atoms with Crippen LogP contribution in [0.5, 0.6) is 0 Å². The summed E-state index contributed by atoms with van der Waals surface area (Å²) in [5.74, 6) is 1.87. The number of nitrogens with zero attached hydrogens (tertiary/aromatic N) is 3. The van der Waals surface area contributed by atoms with E-state index in [0.29, 0.717) is 32.0 Å². The molecule has 0 aromatic heterocycles. The number of amides is 1. The maximum absolute atomic E-state index is 12.2. The number of aliphatic imine (C=N–C) groups is 1. The number of likely N-dealkylation sites (N-methyl/N-ethyl adjacent to an activating group) is 1. The topological polar surface area (TPSA) is 91.3 Å². The van der Waals surface area contributed by atoms with Crippen LogP contribution in [0.2, 0.25) is 0 Å². The normalized spacial score (nSPS) is 29.4. The number of piperazine rings is 1. The van der Waals surface area contributed by atoms with E-state index in [1.807, 2.05) is 16.7 Å². The summed E-state index contributed by atoms with van der Waals surface area (Å²) in [6, 6.07) is 0. The molecule has 3 fully saturated rings. The molecule has 9 heteroatoms. The van der Waals surface area contributed by atoms with Crippen molar-refractivity contribution in [1.82, 2.24) is 15.1 Å². The Morgan fingerprint density at radius 1 is 1.31 bits per heavy atom. The molecular weight excluding hydrogens is 356 g/mol. The van der Waals surface area contributed by atoms with Crippen LogP contribution in [0.4, 0.5) is 0 Å². The highest BCUT2D eigenvalue weighted by molar-refractivity contribution is 7.91. The predicted molar refractivity (Wildman–Crippen MR) is 99.8 cm³/mol. The van der Waals surface area contributed by atoms with Gasteiger partial charge in [-0.05, 0) is 25.7 Å². The van der Waals surface area contributed by atoms with Crippen LogP contribution in [0, 0.1) is 11.8 Å². The highest BCUT2D eigenvalue weighted by Gasteiger charge is 2.29. The van der Waals surface area contributed by atoms with E-state index in [0.717, 1.165) is 45.2 Å². The number of sulfone groups is 1. The smallest absolute Gasteiger partial charge is 0.242 e. The van der Waals surface area contributed by atoms with Crippen LogP contribution < -0.4 is 5.32 Å². The lowest BCUT2D eigenvalue weighted by Gasteiger charge is -2.36. The van der Waals surface area contributed by atoms with E-state index in [1.165, 1.54) is 0 Å². The number of rotatable bonds is 5. The van der Waals surface area contributed by atoms with Gasteiger partial charge < -0.3 is 19.9 Å². The lowest BCUT2D eigenvalue weighted by Crippen LogP contribution is -2.55. The lowest BCUT2D eigenvalue weighted by atomic mass is 10.1. The second-order valence-corrected chi connectivity index (χ2v) is 9.67. The van der Waals surface area contributed by atoms with Gasteiger partial charge in [0.15, 0.2) is 15.8 Å². The van der Waals surface area contributed by atoms with Gasteiger partial charge in [0.25, 0.3) is 0 Å². The molecule has 8 nitrogen and oxygen atoms in total. The Labute approximate surface area is 155 Å². The molecule has 3 heterocycles. The first-order valence-corrected chi connectivity index (χ1v) is 11.4. The van der Waals surface area contributed by atoms with Gasteiger partial charge >= 0.3 is 0 Å². The summed E-state index contributed by atoms with van der Waals surface area (Å²) in [6.45, 7) is 7.29. The highest BCUT2D eigenvalue weighted by Crippen LogP contribution is 2.19. The standard InChI is InChI=1S/C17H30N4O4S/c1-2-20-5-6-21(11-16(20)22)17(18-9-14-3-7-25-12-14)19-10-15-4-8-26(23,24)13-15/h14-15H,2-13H2,1H3,(H,18,19). The van der Waals surface area contributed by atoms with Crippen LogP contribution in [0.25, 0.3) is 0 Å². The Hall–Kier alpha value is -1.35. The van der Waals surface area contributed by atoms with Crippen LogP contribution in [0.3, 0.4) is 0 Å². The zero-order chi connectivity index (χ0) is 18.6. The van der Waals surface area contributed by atoms with Crippen molar-refractivity contribution in [3.63, 3.8) is 0 Å². The third kappa shape index (κ3) is 5.09. The maximum atomic E-state index is 12.2. The molecule has 0 spiro atoms. The number of hydrogen-bond acceptors (Lipinski definition) is 5. The summed E-state index contributed by atoms with van der Waals surface area (Å²) in [6.07, 6.45) is 1.71. The van der Waals surface area contributed by atoms with Crippen LogP contribution >= 0.6 is 0 Å². The molecule has 1 N–H and O–H groups in total. The Morgan fingerprint density at radius 3 is 2.77 bits per heavy atom. The van der Waals surface area contributed by atoms with Gasteiger partial charge in [-0.15, -0.1) is 0 Å². The number of carbonyl (C=O) groups is 1. The molecule has 0 aliphatic carbocycles. The van der Waals surface area contributed by atoms with Crippen molar-refractivity contribution in [3.8, 4) is 0 Å². The monoisotopic (exact) mass is 386 g/mol. The Balaban J connectivity index is 1.62. The van der Waals surface area contributed by atoms with Crippen molar-refractivity contribution in [2.24, 2.45) is 16.8 Å². The minimum atomic E-state index is -2.89. The number of hydrogen-bond donors (Lipinski definition) is 1. The quantitative estimate of drug-likeness (QED) is 0.509. The largest absolute Gasteiger partial charge is 0.381 e. The molecule has 2 atom stereocenters. The molecule has 3 aliphatic rings. The molecule has 0 aromatic rings. The highest BCUT2D eigenvalue weighted by atomic mass is 32.2. The fraction of sp³-hybridized carbons (Fsp3) is 0.882. The van der Waals surface area contributed by atoms with Crippen LogP contribution in [-0.2, 0) is 19.4 Å². The average molecular weight is 387 g/mol. The predicted octanol–water partition coefficient (Wildman–Crippen LogP) is -0.433. The minimum absolute atomic E-state index is 0.0826. The first-order valence-electron chi connectivity index (χ1n) is 9.56. The maximum Gasteiger partial charge on any atom is 0.242 e. The van der Waals surface area contributed by atoms with Gasteiger partial charge in [-0.2, -0.15) is 0 Å². The fourth-order valence-corrected chi connectivity index (χ4v) is 5.55. The molecule has 1 amide bonds. The first kappa shape index (κ1) is 19.4. The second kappa shape index (κ2) is 8.56. The number of guanidine groups is 1. The molecular formula is C17H30N4O4S. The molecule has 0 saturated carbocycles. The number of ether oxygens (including phenoxy) is 1. The van der Waals surface area contributed by atoms with E-state index < -0.39 is 9.84 Å². The lowest BCUT2D eigenvalue weighted by molar-refractivity contribution is -0.134. The zero-order valence-electron chi connectivity index (χ0n) is 15.5. The average Bonchev–Trinajstić information content (AvgIpc) is 3.24. The molecule has 0 aromatic carbocycles. The molecule has 0 bridgehead atoms. The summed E-state index contributed by atoms with van der Waals surface area (Å²) < 4.78 is 28.7. The molecule has 0 radical (unpaired) electrons. The summed E-state index contributed by atoms with van der Waals surface area (Å²) >= 11 is 0. The Bertz CT molecular complexity index is 631. The van der Waals surface area contributed by atoms with E-state index in [2.05, 4.69) is 5.32 Å². The van der Waals surface area contributed by atoms with Gasteiger partial charge in [0.1, 0.15) is 0 Å². The number of nitrogens with one attached hydrogen (secondary N) is 1. The van der Waals surface area contributed by atoms with Crippen molar-refractivity contribution in [3.05, 3.63) is 0 Å². The Kier molecular flexibility index (Phi) is 6.39. The van der Waals surface area contributed by atoms with Crippen molar-refractivity contribution < 1.29 is 17.9 Å². The van der Waals surface area contributed by atoms with Crippen molar-refractivity contribution in [1.29, 1.82) is 0 Å². The minimum Gasteiger partial charge on any atom is -0.381 e. The van der Waals surface area contributed by atoms with Gasteiger partial charge in [-0.1, -0.05) is 0 Å². The van der Waals surface area contributed by atoms with E-state index in [1.54, 1.807) is 0 Å². The van der Waals surface area contributed by atoms with Crippen LogP contribution in [0.15, 0.2) is 4.99 Å². The summed E-state index contributed by atoms with van der Waals surface area (Å²) in [4.78, 5) is 20.8. The van der Waals surface area contributed by atoms with Crippen LogP contribution in [-0.4, -0.2) is 94.1 Å². The van der Waals surface area contributed by atoms with Crippen molar-refractivity contribution in [2.45, 2.75) is 19.8 Å². The molecule has 3 aliphatic heterocycles. The number of carbonyl (C=O) groups excluding carboxylic acids is 1. The second-order valence-electron chi connectivity index (χ2n) is 7.44. The van der Waals surface area contributed by atoms with Gasteiger partial charge in [0, 0.05) is 45.2 Å². The molecule has 2 unspecified atom stereocenters. The Morgan fingerprint density at radius 2 is 2.15 bits per heavy atom. The van der Waals surface area contributed by atoms with Crippen LogP contribution in [0.1, 0.15) is 19.8 Å². The van der Waals surface area contributed by atoms with Gasteiger partial charge in [0.2, 0.25) is 5.91 Å².